The van der Waals surface area contributed by atoms with E-state index < -0.39 is 0 Å². The molecule has 1 saturated heterocycles. The van der Waals surface area contributed by atoms with Crippen molar-refractivity contribution in [2.75, 3.05) is 13.1 Å². The van der Waals surface area contributed by atoms with Crippen LogP contribution >= 0.6 is 11.6 Å². The van der Waals surface area contributed by atoms with Gasteiger partial charge in [-0.15, -0.1) is 0 Å². The quantitative estimate of drug-likeness (QED) is 0.854. The van der Waals surface area contributed by atoms with E-state index in [1.807, 2.05) is 6.07 Å². The molecule has 1 spiro atoms. The molecule has 0 bridgehead atoms. The lowest BCUT2D eigenvalue weighted by Crippen LogP contribution is -2.45. The molecule has 1 saturated carbocycles. The number of halogens is 1. The number of rotatable bonds is 1. The molecule has 0 amide bonds. The van der Waals surface area contributed by atoms with Gasteiger partial charge in [0.25, 0.3) is 5.79 Å². The first-order valence-electron chi connectivity index (χ1n) is 7.18. The molecule has 3 nitrogen and oxygen atoms in total. The Morgan fingerprint density at radius 1 is 1.16 bits per heavy atom. The first kappa shape index (κ1) is 11.9. The third-order valence-electron chi connectivity index (χ3n) is 4.51. The standard InChI is InChI=1S/C15H18ClNO2/c16-12-8-14-13(18-15(19-14)4-2-5-15)7-11(12)10-3-1-6-17-9-10/h7-8,10,17H,1-6,9H2. The lowest BCUT2D eigenvalue weighted by Gasteiger charge is -2.35. The van der Waals surface area contributed by atoms with Gasteiger partial charge in [-0.25, -0.2) is 0 Å². The highest BCUT2D eigenvalue weighted by atomic mass is 35.5. The molecule has 0 radical (unpaired) electrons. The van der Waals surface area contributed by atoms with Crippen LogP contribution in [0.25, 0.3) is 0 Å². The molecular weight excluding hydrogens is 262 g/mol. The molecule has 1 aliphatic carbocycles. The zero-order valence-corrected chi connectivity index (χ0v) is 11.6. The van der Waals surface area contributed by atoms with Crippen molar-refractivity contribution in [1.29, 1.82) is 0 Å². The van der Waals surface area contributed by atoms with E-state index in [1.165, 1.54) is 24.8 Å². The van der Waals surface area contributed by atoms with Gasteiger partial charge in [-0.05, 0) is 43.4 Å². The van der Waals surface area contributed by atoms with Gasteiger partial charge < -0.3 is 14.8 Å². The van der Waals surface area contributed by atoms with Gasteiger partial charge in [-0.2, -0.15) is 0 Å². The van der Waals surface area contributed by atoms with Crippen molar-refractivity contribution < 1.29 is 9.47 Å². The van der Waals surface area contributed by atoms with Crippen LogP contribution in [-0.4, -0.2) is 18.9 Å². The molecule has 2 heterocycles. The molecule has 2 aliphatic heterocycles. The van der Waals surface area contributed by atoms with E-state index in [-0.39, 0.29) is 5.79 Å². The molecule has 2 fully saturated rings. The average Bonchev–Trinajstić information content (AvgIpc) is 2.77. The summed E-state index contributed by atoms with van der Waals surface area (Å²) in [6.45, 7) is 2.12. The molecule has 1 unspecified atom stereocenters. The van der Waals surface area contributed by atoms with Crippen molar-refractivity contribution in [3.05, 3.63) is 22.7 Å². The zero-order chi connectivity index (χ0) is 12.9. The van der Waals surface area contributed by atoms with Crippen molar-refractivity contribution in [3.63, 3.8) is 0 Å². The Morgan fingerprint density at radius 2 is 1.95 bits per heavy atom. The van der Waals surface area contributed by atoms with Crippen LogP contribution in [0, 0.1) is 0 Å². The van der Waals surface area contributed by atoms with Crippen LogP contribution in [0.1, 0.15) is 43.6 Å². The van der Waals surface area contributed by atoms with Gasteiger partial charge in [-0.3, -0.25) is 0 Å². The molecular formula is C15H18ClNO2. The molecule has 1 aromatic carbocycles. The van der Waals surface area contributed by atoms with Gasteiger partial charge in [0, 0.05) is 30.5 Å². The molecule has 1 N–H and O–H groups in total. The number of fused-ring (bicyclic) bond motifs is 1. The van der Waals surface area contributed by atoms with Crippen LogP contribution in [0.4, 0.5) is 0 Å². The largest absolute Gasteiger partial charge is 0.448 e. The highest BCUT2D eigenvalue weighted by Gasteiger charge is 2.47. The number of piperidine rings is 1. The first-order valence-corrected chi connectivity index (χ1v) is 7.56. The van der Waals surface area contributed by atoms with E-state index in [0.717, 1.165) is 42.5 Å². The van der Waals surface area contributed by atoms with Crippen molar-refractivity contribution in [3.8, 4) is 11.5 Å². The Labute approximate surface area is 118 Å². The Kier molecular flexibility index (Phi) is 2.68. The maximum atomic E-state index is 6.43. The number of ether oxygens (including phenoxy) is 2. The van der Waals surface area contributed by atoms with Gasteiger partial charge in [0.1, 0.15) is 0 Å². The van der Waals surface area contributed by atoms with E-state index in [1.54, 1.807) is 0 Å². The van der Waals surface area contributed by atoms with Gasteiger partial charge >= 0.3 is 0 Å². The van der Waals surface area contributed by atoms with Crippen molar-refractivity contribution >= 4 is 11.6 Å². The summed E-state index contributed by atoms with van der Waals surface area (Å²) in [6.07, 6.45) is 5.55. The second-order valence-corrected chi connectivity index (χ2v) is 6.24. The van der Waals surface area contributed by atoms with Crippen molar-refractivity contribution in [1.82, 2.24) is 5.32 Å². The smallest absolute Gasteiger partial charge is 0.251 e. The average molecular weight is 280 g/mol. The third-order valence-corrected chi connectivity index (χ3v) is 4.83. The normalized spacial score (nSPS) is 27.3. The van der Waals surface area contributed by atoms with Gasteiger partial charge in [0.05, 0.1) is 0 Å². The number of nitrogens with one attached hydrogen (secondary N) is 1. The van der Waals surface area contributed by atoms with E-state index in [4.69, 9.17) is 21.1 Å². The summed E-state index contributed by atoms with van der Waals surface area (Å²) in [4.78, 5) is 0. The van der Waals surface area contributed by atoms with Gasteiger partial charge in [-0.1, -0.05) is 11.6 Å². The third kappa shape index (κ3) is 1.91. The predicted octanol–water partition coefficient (Wildman–Crippen LogP) is 3.46. The molecule has 4 rings (SSSR count). The minimum absolute atomic E-state index is 0.366. The van der Waals surface area contributed by atoms with E-state index in [9.17, 15) is 0 Å². The lowest BCUT2D eigenvalue weighted by atomic mass is 9.91. The van der Waals surface area contributed by atoms with Crippen LogP contribution in [0.3, 0.4) is 0 Å². The Morgan fingerprint density at radius 3 is 2.58 bits per heavy atom. The summed E-state index contributed by atoms with van der Waals surface area (Å²) in [5.41, 5.74) is 1.20. The summed E-state index contributed by atoms with van der Waals surface area (Å²) in [7, 11) is 0. The maximum Gasteiger partial charge on any atom is 0.251 e. The van der Waals surface area contributed by atoms with Crippen LogP contribution in [-0.2, 0) is 0 Å². The summed E-state index contributed by atoms with van der Waals surface area (Å²) < 4.78 is 11.9. The number of benzene rings is 1. The molecule has 1 atom stereocenters. The number of hydrogen-bond acceptors (Lipinski definition) is 3. The van der Waals surface area contributed by atoms with Crippen LogP contribution in [0.15, 0.2) is 12.1 Å². The SMILES string of the molecule is Clc1cc2c(cc1C1CCCNC1)OC1(CCC1)O2. The summed E-state index contributed by atoms with van der Waals surface area (Å²) >= 11 is 6.43. The second kappa shape index (κ2) is 4.29. The summed E-state index contributed by atoms with van der Waals surface area (Å²) in [6, 6.07) is 4.04. The predicted molar refractivity (Wildman–Crippen MR) is 74.1 cm³/mol. The van der Waals surface area contributed by atoms with Gasteiger partial charge in [0.15, 0.2) is 11.5 Å². The topological polar surface area (TPSA) is 30.5 Å². The van der Waals surface area contributed by atoms with Crippen LogP contribution < -0.4 is 14.8 Å². The molecule has 1 aromatic rings. The summed E-state index contributed by atoms with van der Waals surface area (Å²) in [5.74, 6) is 1.82. The fourth-order valence-electron chi connectivity index (χ4n) is 3.23. The first-order chi connectivity index (χ1) is 9.26. The molecule has 19 heavy (non-hydrogen) atoms. The van der Waals surface area contributed by atoms with E-state index in [2.05, 4.69) is 11.4 Å². The van der Waals surface area contributed by atoms with Crippen LogP contribution in [0.5, 0.6) is 11.5 Å². The van der Waals surface area contributed by atoms with Gasteiger partial charge in [0.2, 0.25) is 0 Å². The van der Waals surface area contributed by atoms with Crippen molar-refractivity contribution in [2.45, 2.75) is 43.8 Å². The minimum Gasteiger partial charge on any atom is -0.448 e. The Bertz CT molecular complexity index is 507. The highest BCUT2D eigenvalue weighted by molar-refractivity contribution is 6.31. The Hall–Kier alpha value is -0.930. The molecule has 3 aliphatic rings. The lowest BCUT2D eigenvalue weighted by molar-refractivity contribution is -0.138. The molecule has 102 valence electrons. The number of hydrogen-bond donors (Lipinski definition) is 1. The highest BCUT2D eigenvalue weighted by Crippen LogP contribution is 2.50. The van der Waals surface area contributed by atoms with E-state index in [0.29, 0.717) is 5.92 Å². The molecule has 0 aromatic heterocycles. The van der Waals surface area contributed by atoms with E-state index >= 15 is 0 Å². The van der Waals surface area contributed by atoms with Crippen molar-refractivity contribution in [2.24, 2.45) is 0 Å². The van der Waals surface area contributed by atoms with Crippen LogP contribution in [0.2, 0.25) is 5.02 Å². The fourth-order valence-corrected chi connectivity index (χ4v) is 3.54. The fraction of sp³-hybridized carbons (Fsp3) is 0.600. The second-order valence-electron chi connectivity index (χ2n) is 5.83. The Balaban J connectivity index is 1.65. The molecule has 4 heteroatoms. The monoisotopic (exact) mass is 279 g/mol. The maximum absolute atomic E-state index is 6.43. The zero-order valence-electron chi connectivity index (χ0n) is 10.9. The minimum atomic E-state index is -0.366. The summed E-state index contributed by atoms with van der Waals surface area (Å²) in [5, 5.41) is 4.25.